The third-order valence-corrected chi connectivity index (χ3v) is 3.83. The van der Waals surface area contributed by atoms with Crippen LogP contribution in [0.2, 0.25) is 0 Å². The van der Waals surface area contributed by atoms with Crippen molar-refractivity contribution in [1.82, 2.24) is 0 Å². The zero-order valence-electron chi connectivity index (χ0n) is 12.2. The summed E-state index contributed by atoms with van der Waals surface area (Å²) in [6, 6.07) is 0. The van der Waals surface area contributed by atoms with Crippen LogP contribution in [-0.2, 0) is 9.53 Å². The summed E-state index contributed by atoms with van der Waals surface area (Å²) in [5.41, 5.74) is 1.43. The third-order valence-electron chi connectivity index (χ3n) is 3.83. The Labute approximate surface area is 112 Å². The molecule has 0 N–H and O–H groups in total. The summed E-state index contributed by atoms with van der Waals surface area (Å²) in [7, 11) is 0. The minimum atomic E-state index is -0.0551. The van der Waals surface area contributed by atoms with E-state index in [1.54, 1.807) is 0 Å². The Morgan fingerprint density at radius 3 is 2.50 bits per heavy atom. The number of rotatable bonds is 6. The predicted molar refractivity (Wildman–Crippen MR) is 75.4 cm³/mol. The Morgan fingerprint density at radius 1 is 1.28 bits per heavy atom. The maximum Gasteiger partial charge on any atom is 0.308 e. The van der Waals surface area contributed by atoms with Crippen molar-refractivity contribution in [3.63, 3.8) is 0 Å². The lowest BCUT2D eigenvalue weighted by Gasteiger charge is -2.20. The topological polar surface area (TPSA) is 26.3 Å². The minimum absolute atomic E-state index is 0.000240. The van der Waals surface area contributed by atoms with Gasteiger partial charge in [-0.3, -0.25) is 4.79 Å². The molecule has 1 rings (SSSR count). The van der Waals surface area contributed by atoms with Crippen molar-refractivity contribution in [2.24, 2.45) is 11.8 Å². The van der Waals surface area contributed by atoms with Gasteiger partial charge in [0.1, 0.15) is 0 Å². The Bertz CT molecular complexity index is 275. The van der Waals surface area contributed by atoms with Crippen LogP contribution in [0.3, 0.4) is 0 Å². The maximum absolute atomic E-state index is 11.6. The fraction of sp³-hybridized carbons (Fsp3) is 0.812. The first-order valence-corrected chi connectivity index (χ1v) is 7.53. The Morgan fingerprint density at radius 2 is 1.94 bits per heavy atom. The number of ether oxygens (including phenoxy) is 1. The molecule has 0 bridgehead atoms. The smallest absolute Gasteiger partial charge is 0.308 e. The summed E-state index contributed by atoms with van der Waals surface area (Å²) < 4.78 is 5.07. The number of esters is 1. The monoisotopic (exact) mass is 252 g/mol. The van der Waals surface area contributed by atoms with Gasteiger partial charge in [0, 0.05) is 0 Å². The standard InChI is InChI=1S/C16H28O2/c1-4-14(11-13(3)16(17)18-5-2)12-15-9-7-6-8-10-15/h12-13,15H,4-11H2,1-3H3/b14-12+. The van der Waals surface area contributed by atoms with Crippen LogP contribution in [0.4, 0.5) is 0 Å². The van der Waals surface area contributed by atoms with Gasteiger partial charge < -0.3 is 4.74 Å². The van der Waals surface area contributed by atoms with E-state index in [1.165, 1.54) is 37.7 Å². The highest BCUT2D eigenvalue weighted by molar-refractivity contribution is 5.72. The fourth-order valence-corrected chi connectivity index (χ4v) is 2.73. The second-order valence-corrected chi connectivity index (χ2v) is 5.43. The second-order valence-electron chi connectivity index (χ2n) is 5.43. The molecule has 0 aromatic heterocycles. The Hall–Kier alpha value is -0.790. The van der Waals surface area contributed by atoms with Crippen molar-refractivity contribution in [2.45, 2.75) is 65.7 Å². The van der Waals surface area contributed by atoms with Crippen molar-refractivity contribution >= 4 is 5.97 Å². The highest BCUT2D eigenvalue weighted by Crippen LogP contribution is 2.28. The van der Waals surface area contributed by atoms with Crippen molar-refractivity contribution in [3.8, 4) is 0 Å². The predicted octanol–water partition coefficient (Wildman–Crippen LogP) is 4.49. The summed E-state index contributed by atoms with van der Waals surface area (Å²) in [6.45, 7) is 6.51. The molecule has 1 aliphatic rings. The third kappa shape index (κ3) is 5.24. The van der Waals surface area contributed by atoms with Gasteiger partial charge >= 0.3 is 5.97 Å². The van der Waals surface area contributed by atoms with Crippen LogP contribution in [0.1, 0.15) is 65.7 Å². The van der Waals surface area contributed by atoms with Gasteiger partial charge in [0.2, 0.25) is 0 Å². The van der Waals surface area contributed by atoms with E-state index in [2.05, 4.69) is 13.0 Å². The van der Waals surface area contributed by atoms with E-state index < -0.39 is 0 Å². The molecule has 0 heterocycles. The lowest BCUT2D eigenvalue weighted by molar-refractivity contribution is -0.147. The molecular formula is C16H28O2. The molecule has 0 saturated heterocycles. The molecule has 0 radical (unpaired) electrons. The van der Waals surface area contributed by atoms with Crippen LogP contribution in [0.25, 0.3) is 0 Å². The van der Waals surface area contributed by atoms with E-state index >= 15 is 0 Å². The van der Waals surface area contributed by atoms with Gasteiger partial charge in [-0.25, -0.2) is 0 Å². The molecule has 104 valence electrons. The van der Waals surface area contributed by atoms with Crippen LogP contribution in [0, 0.1) is 11.8 Å². The second kappa shape index (κ2) is 8.34. The van der Waals surface area contributed by atoms with E-state index in [9.17, 15) is 4.79 Å². The molecular weight excluding hydrogens is 224 g/mol. The summed E-state index contributed by atoms with van der Waals surface area (Å²) in [5.74, 6) is 0.698. The highest BCUT2D eigenvalue weighted by Gasteiger charge is 2.17. The molecule has 1 saturated carbocycles. The fourth-order valence-electron chi connectivity index (χ4n) is 2.73. The molecule has 2 nitrogen and oxygen atoms in total. The average Bonchev–Trinajstić information content (AvgIpc) is 2.39. The molecule has 1 fully saturated rings. The Balaban J connectivity index is 2.49. The summed E-state index contributed by atoms with van der Waals surface area (Å²) >= 11 is 0. The number of carbonyl (C=O) groups is 1. The number of carbonyl (C=O) groups excluding carboxylic acids is 1. The summed E-state index contributed by atoms with van der Waals surface area (Å²) in [4.78, 5) is 11.6. The molecule has 0 aliphatic heterocycles. The van der Waals surface area contributed by atoms with Gasteiger partial charge in [0.15, 0.2) is 0 Å². The lowest BCUT2D eigenvalue weighted by Crippen LogP contribution is -2.15. The van der Waals surface area contributed by atoms with Crippen molar-refractivity contribution in [1.29, 1.82) is 0 Å². The molecule has 0 spiro atoms. The summed E-state index contributed by atoms with van der Waals surface area (Å²) in [5, 5.41) is 0. The molecule has 1 unspecified atom stereocenters. The summed E-state index contributed by atoms with van der Waals surface area (Å²) in [6.07, 6.45) is 11.2. The van der Waals surface area contributed by atoms with E-state index in [1.807, 2.05) is 13.8 Å². The first kappa shape index (κ1) is 15.3. The van der Waals surface area contributed by atoms with Crippen LogP contribution in [-0.4, -0.2) is 12.6 Å². The van der Waals surface area contributed by atoms with E-state index in [-0.39, 0.29) is 11.9 Å². The first-order chi connectivity index (χ1) is 8.67. The zero-order chi connectivity index (χ0) is 13.4. The molecule has 0 aromatic carbocycles. The lowest BCUT2D eigenvalue weighted by atomic mass is 9.86. The van der Waals surface area contributed by atoms with Gasteiger partial charge in [-0.1, -0.05) is 44.8 Å². The van der Waals surface area contributed by atoms with Gasteiger partial charge in [-0.15, -0.1) is 0 Å². The normalized spacial score (nSPS) is 19.6. The van der Waals surface area contributed by atoms with Crippen molar-refractivity contribution in [2.75, 3.05) is 6.61 Å². The van der Waals surface area contributed by atoms with Crippen LogP contribution in [0.15, 0.2) is 11.6 Å². The molecule has 1 atom stereocenters. The minimum Gasteiger partial charge on any atom is -0.466 e. The zero-order valence-corrected chi connectivity index (χ0v) is 12.2. The number of allylic oxidation sites excluding steroid dienone is 2. The van der Waals surface area contributed by atoms with E-state index in [0.29, 0.717) is 6.61 Å². The largest absolute Gasteiger partial charge is 0.466 e. The van der Waals surface area contributed by atoms with Crippen molar-refractivity contribution < 1.29 is 9.53 Å². The number of hydrogen-bond donors (Lipinski definition) is 0. The number of hydrogen-bond acceptors (Lipinski definition) is 2. The quantitative estimate of drug-likeness (QED) is 0.514. The van der Waals surface area contributed by atoms with Crippen LogP contribution in [0.5, 0.6) is 0 Å². The van der Waals surface area contributed by atoms with Gasteiger partial charge in [0.05, 0.1) is 12.5 Å². The Kier molecular flexibility index (Phi) is 7.07. The van der Waals surface area contributed by atoms with Crippen molar-refractivity contribution in [3.05, 3.63) is 11.6 Å². The highest BCUT2D eigenvalue weighted by atomic mass is 16.5. The maximum atomic E-state index is 11.6. The molecule has 18 heavy (non-hydrogen) atoms. The molecule has 1 aliphatic carbocycles. The van der Waals surface area contributed by atoms with Crippen LogP contribution >= 0.6 is 0 Å². The van der Waals surface area contributed by atoms with E-state index in [0.717, 1.165) is 18.8 Å². The van der Waals surface area contributed by atoms with Gasteiger partial charge in [0.25, 0.3) is 0 Å². The average molecular weight is 252 g/mol. The first-order valence-electron chi connectivity index (χ1n) is 7.53. The molecule has 2 heteroatoms. The van der Waals surface area contributed by atoms with Crippen LogP contribution < -0.4 is 0 Å². The van der Waals surface area contributed by atoms with Gasteiger partial charge in [-0.05, 0) is 38.5 Å². The molecule has 0 amide bonds. The van der Waals surface area contributed by atoms with E-state index in [4.69, 9.17) is 4.74 Å². The SMILES string of the molecule is CCOC(=O)C(C)C/C(=C/C1CCCCC1)CC. The van der Waals surface area contributed by atoms with Gasteiger partial charge in [-0.2, -0.15) is 0 Å². The molecule has 0 aromatic rings.